The van der Waals surface area contributed by atoms with E-state index in [4.69, 9.17) is 0 Å². The molecule has 2 heterocycles. The van der Waals surface area contributed by atoms with E-state index in [0.29, 0.717) is 4.88 Å². The highest BCUT2D eigenvalue weighted by Crippen LogP contribution is 2.19. The van der Waals surface area contributed by atoms with Crippen molar-refractivity contribution in [1.82, 2.24) is 10.2 Å². The van der Waals surface area contributed by atoms with Gasteiger partial charge in [0.25, 0.3) is 5.91 Å². The number of carbonyl (C=O) groups excluding carboxylic acids is 1. The van der Waals surface area contributed by atoms with Crippen molar-refractivity contribution in [2.75, 3.05) is 10.6 Å². The Balaban J connectivity index is 1.68. The Morgan fingerprint density at radius 2 is 1.83 bits per heavy atom. The van der Waals surface area contributed by atoms with Crippen LogP contribution in [0.2, 0.25) is 0 Å². The summed E-state index contributed by atoms with van der Waals surface area (Å²) in [6, 6.07) is 9.69. The Labute approximate surface area is 134 Å². The van der Waals surface area contributed by atoms with E-state index in [1.54, 1.807) is 17.5 Å². The zero-order valence-corrected chi connectivity index (χ0v) is 12.4. The lowest BCUT2D eigenvalue weighted by molar-refractivity contribution is 0.103. The quantitative estimate of drug-likeness (QED) is 0.762. The first-order valence-corrected chi connectivity index (χ1v) is 7.40. The van der Waals surface area contributed by atoms with Crippen LogP contribution in [-0.4, -0.2) is 16.1 Å². The Morgan fingerprint density at radius 3 is 2.48 bits per heavy atom. The molecule has 0 saturated heterocycles. The highest BCUT2D eigenvalue weighted by Gasteiger charge is 2.09. The Morgan fingerprint density at radius 1 is 1.04 bits per heavy atom. The summed E-state index contributed by atoms with van der Waals surface area (Å²) < 4.78 is 26.4. The second-order valence-electron chi connectivity index (χ2n) is 4.48. The predicted octanol–water partition coefficient (Wildman–Crippen LogP) is 3.81. The fourth-order valence-electron chi connectivity index (χ4n) is 1.78. The predicted molar refractivity (Wildman–Crippen MR) is 83.9 cm³/mol. The lowest BCUT2D eigenvalue weighted by Gasteiger charge is -2.07. The average Bonchev–Trinajstić information content (AvgIpc) is 3.06. The number of hydrogen-bond acceptors (Lipinski definition) is 5. The molecule has 0 atom stereocenters. The van der Waals surface area contributed by atoms with Crippen LogP contribution in [0.3, 0.4) is 0 Å². The molecule has 5 nitrogen and oxygen atoms in total. The van der Waals surface area contributed by atoms with E-state index in [0.717, 1.165) is 12.1 Å². The van der Waals surface area contributed by atoms with E-state index in [1.165, 1.54) is 29.5 Å². The smallest absolute Gasteiger partial charge is 0.266 e. The van der Waals surface area contributed by atoms with Crippen molar-refractivity contribution in [1.29, 1.82) is 0 Å². The average molecular weight is 332 g/mol. The summed E-state index contributed by atoms with van der Waals surface area (Å²) in [6.07, 6.45) is 0. The van der Waals surface area contributed by atoms with E-state index in [-0.39, 0.29) is 23.2 Å². The first kappa shape index (κ1) is 15.0. The molecule has 0 fully saturated rings. The second kappa shape index (κ2) is 6.49. The number of nitrogens with zero attached hydrogens (tertiary/aromatic N) is 2. The summed E-state index contributed by atoms with van der Waals surface area (Å²) in [7, 11) is 0. The number of carbonyl (C=O) groups is 1. The van der Waals surface area contributed by atoms with Crippen LogP contribution in [-0.2, 0) is 0 Å². The minimum absolute atomic E-state index is 0.0797. The lowest BCUT2D eigenvalue weighted by atomic mass is 10.3. The minimum atomic E-state index is -0.734. The van der Waals surface area contributed by atoms with Gasteiger partial charge in [0.2, 0.25) is 0 Å². The van der Waals surface area contributed by atoms with E-state index in [1.807, 2.05) is 0 Å². The fourth-order valence-corrected chi connectivity index (χ4v) is 2.40. The molecule has 1 amide bonds. The Kier molecular flexibility index (Phi) is 4.24. The van der Waals surface area contributed by atoms with Crippen LogP contribution in [0.15, 0.2) is 47.8 Å². The molecule has 0 bridgehead atoms. The van der Waals surface area contributed by atoms with Crippen molar-refractivity contribution in [2.45, 2.75) is 0 Å². The number of nitrogens with one attached hydrogen (secondary N) is 2. The van der Waals surface area contributed by atoms with Gasteiger partial charge < -0.3 is 10.6 Å². The van der Waals surface area contributed by atoms with Gasteiger partial charge in [-0.15, -0.1) is 21.5 Å². The zero-order chi connectivity index (χ0) is 16.2. The molecule has 2 aromatic heterocycles. The van der Waals surface area contributed by atoms with Gasteiger partial charge in [-0.25, -0.2) is 8.78 Å². The largest absolute Gasteiger partial charge is 0.336 e. The Bertz CT molecular complexity index is 822. The SMILES string of the molecule is O=C(Nc1ccc(Nc2ccc(F)cc2F)nn1)c1cccs1. The number of amides is 1. The van der Waals surface area contributed by atoms with Crippen molar-refractivity contribution >= 4 is 34.6 Å². The summed E-state index contributed by atoms with van der Waals surface area (Å²) in [6.45, 7) is 0. The van der Waals surface area contributed by atoms with Crippen LogP contribution in [0.25, 0.3) is 0 Å². The molecule has 23 heavy (non-hydrogen) atoms. The lowest BCUT2D eigenvalue weighted by Crippen LogP contribution is -2.12. The number of benzene rings is 1. The number of aromatic nitrogens is 2. The number of thiophene rings is 1. The Hall–Kier alpha value is -2.87. The third-order valence-corrected chi connectivity index (χ3v) is 3.71. The van der Waals surface area contributed by atoms with E-state index in [9.17, 15) is 13.6 Å². The molecule has 0 aliphatic rings. The van der Waals surface area contributed by atoms with E-state index >= 15 is 0 Å². The maximum atomic E-state index is 13.5. The van der Waals surface area contributed by atoms with Crippen LogP contribution < -0.4 is 10.6 Å². The topological polar surface area (TPSA) is 66.9 Å². The molecule has 0 spiro atoms. The molecule has 116 valence electrons. The van der Waals surface area contributed by atoms with Crippen LogP contribution in [0, 0.1) is 11.6 Å². The third-order valence-electron chi connectivity index (χ3n) is 2.84. The summed E-state index contributed by atoms with van der Waals surface area (Å²) in [5.41, 5.74) is 0.0797. The van der Waals surface area contributed by atoms with Crippen molar-refractivity contribution < 1.29 is 13.6 Å². The second-order valence-corrected chi connectivity index (χ2v) is 5.43. The molecule has 1 aromatic carbocycles. The standard InChI is InChI=1S/C15H10F2N4OS/c16-9-3-4-11(10(17)8-9)18-13-5-6-14(21-20-13)19-15(22)12-2-1-7-23-12/h1-8H,(H,18,20)(H,19,21,22). The van der Waals surface area contributed by atoms with Gasteiger partial charge in [-0.05, 0) is 35.7 Å². The molecule has 0 aliphatic heterocycles. The highest BCUT2D eigenvalue weighted by atomic mass is 32.1. The summed E-state index contributed by atoms with van der Waals surface area (Å²) in [5, 5.41) is 14.8. The van der Waals surface area contributed by atoms with Crippen LogP contribution in [0.1, 0.15) is 9.67 Å². The third kappa shape index (κ3) is 3.67. The van der Waals surface area contributed by atoms with Gasteiger partial charge in [0, 0.05) is 6.07 Å². The molecule has 0 aliphatic carbocycles. The molecule has 3 aromatic rings. The van der Waals surface area contributed by atoms with Crippen LogP contribution in [0.5, 0.6) is 0 Å². The molecule has 3 rings (SSSR count). The molecular weight excluding hydrogens is 322 g/mol. The van der Waals surface area contributed by atoms with Gasteiger partial charge in [-0.3, -0.25) is 4.79 Å². The van der Waals surface area contributed by atoms with E-state index < -0.39 is 11.6 Å². The van der Waals surface area contributed by atoms with Gasteiger partial charge in [-0.2, -0.15) is 0 Å². The maximum Gasteiger partial charge on any atom is 0.266 e. The number of halogens is 2. The van der Waals surface area contributed by atoms with E-state index in [2.05, 4.69) is 20.8 Å². The molecular formula is C15H10F2N4OS. The number of hydrogen-bond donors (Lipinski definition) is 2. The summed E-state index contributed by atoms with van der Waals surface area (Å²) in [4.78, 5) is 12.4. The number of rotatable bonds is 4. The van der Waals surface area contributed by atoms with Crippen LogP contribution in [0.4, 0.5) is 26.1 Å². The monoisotopic (exact) mass is 332 g/mol. The minimum Gasteiger partial charge on any atom is -0.336 e. The highest BCUT2D eigenvalue weighted by molar-refractivity contribution is 7.12. The molecule has 2 N–H and O–H groups in total. The van der Waals surface area contributed by atoms with Crippen molar-refractivity contribution in [2.24, 2.45) is 0 Å². The normalized spacial score (nSPS) is 10.3. The van der Waals surface area contributed by atoms with Gasteiger partial charge in [0.05, 0.1) is 10.6 Å². The van der Waals surface area contributed by atoms with Crippen molar-refractivity contribution in [3.05, 3.63) is 64.4 Å². The van der Waals surface area contributed by atoms with Gasteiger partial charge in [0.15, 0.2) is 11.6 Å². The molecule has 0 unspecified atom stereocenters. The maximum absolute atomic E-state index is 13.5. The molecule has 8 heteroatoms. The summed E-state index contributed by atoms with van der Waals surface area (Å²) in [5.74, 6) is -1.13. The molecule has 0 saturated carbocycles. The van der Waals surface area contributed by atoms with Gasteiger partial charge >= 0.3 is 0 Å². The fraction of sp³-hybridized carbons (Fsp3) is 0. The van der Waals surface area contributed by atoms with Crippen molar-refractivity contribution in [3.8, 4) is 0 Å². The van der Waals surface area contributed by atoms with Crippen LogP contribution >= 0.6 is 11.3 Å². The molecule has 0 radical (unpaired) electrons. The first-order valence-electron chi connectivity index (χ1n) is 6.52. The van der Waals surface area contributed by atoms with Crippen molar-refractivity contribution in [3.63, 3.8) is 0 Å². The summed E-state index contributed by atoms with van der Waals surface area (Å²) >= 11 is 1.31. The number of anilines is 3. The van der Waals surface area contributed by atoms with Gasteiger partial charge in [0.1, 0.15) is 11.6 Å². The zero-order valence-electron chi connectivity index (χ0n) is 11.6. The van der Waals surface area contributed by atoms with Gasteiger partial charge in [-0.1, -0.05) is 6.07 Å². The first-order chi connectivity index (χ1) is 11.1.